The van der Waals surface area contributed by atoms with Crippen molar-refractivity contribution >= 4 is 21.6 Å². The zero-order valence-electron chi connectivity index (χ0n) is 17.3. The Labute approximate surface area is 178 Å². The predicted molar refractivity (Wildman–Crippen MR) is 114 cm³/mol. The van der Waals surface area contributed by atoms with Crippen molar-refractivity contribution in [3.05, 3.63) is 24.3 Å². The molecule has 1 saturated carbocycles. The number of piperidine rings is 1. The molecule has 164 valence electrons. The first-order valence-corrected chi connectivity index (χ1v) is 12.6. The van der Waals surface area contributed by atoms with Gasteiger partial charge in [0.15, 0.2) is 0 Å². The Morgan fingerprint density at radius 1 is 1.07 bits per heavy atom. The highest BCUT2D eigenvalue weighted by Gasteiger charge is 2.45. The van der Waals surface area contributed by atoms with Crippen LogP contribution in [0, 0.1) is 17.8 Å². The number of rotatable bonds is 2. The molecule has 1 aromatic carbocycles. The molecule has 3 fully saturated rings. The van der Waals surface area contributed by atoms with Gasteiger partial charge in [0.05, 0.1) is 11.9 Å². The number of benzene rings is 1. The highest BCUT2D eigenvalue weighted by molar-refractivity contribution is 7.89. The fourth-order valence-corrected chi connectivity index (χ4v) is 7.02. The van der Waals surface area contributed by atoms with Crippen LogP contribution >= 0.6 is 0 Å². The van der Waals surface area contributed by atoms with E-state index in [0.717, 1.165) is 25.7 Å². The second kappa shape index (κ2) is 7.78. The lowest BCUT2D eigenvalue weighted by molar-refractivity contribution is -0.136. The van der Waals surface area contributed by atoms with Gasteiger partial charge < -0.3 is 10.2 Å². The molecule has 3 heterocycles. The number of nitrogens with zero attached hydrogens (tertiary/aromatic N) is 1. The summed E-state index contributed by atoms with van der Waals surface area (Å²) in [6.45, 7) is 3.60. The quantitative estimate of drug-likeness (QED) is 0.560. The number of carbonyl (C=O) groups excluding carboxylic acids is 1. The molecule has 2 saturated heterocycles. The fraction of sp³-hybridized carbons (Fsp3) is 0.667. The number of hydrogen-bond donors (Lipinski definition) is 4. The normalized spacial score (nSPS) is 35.9. The van der Waals surface area contributed by atoms with Crippen molar-refractivity contribution in [1.29, 1.82) is 0 Å². The minimum atomic E-state index is -3.51. The maximum Gasteiger partial charge on any atom is 0.244 e. The Balaban J connectivity index is 1.21. The van der Waals surface area contributed by atoms with Crippen LogP contribution in [0.25, 0.3) is 0 Å². The Kier molecular flexibility index (Phi) is 5.25. The van der Waals surface area contributed by atoms with Crippen LogP contribution in [0.4, 0.5) is 5.69 Å². The molecule has 5 atom stereocenters. The monoisotopic (exact) mass is 433 g/mol. The van der Waals surface area contributed by atoms with Crippen molar-refractivity contribution in [3.8, 4) is 0 Å². The Morgan fingerprint density at radius 3 is 2.63 bits per heavy atom. The van der Waals surface area contributed by atoms with Gasteiger partial charge in [-0.3, -0.25) is 10.2 Å². The van der Waals surface area contributed by atoms with Gasteiger partial charge in [-0.15, -0.1) is 0 Å². The van der Waals surface area contributed by atoms with Crippen molar-refractivity contribution in [2.45, 2.75) is 62.2 Å². The molecule has 1 aromatic rings. The van der Waals surface area contributed by atoms with E-state index in [1.165, 1.54) is 6.42 Å². The van der Waals surface area contributed by atoms with Crippen molar-refractivity contribution < 1.29 is 13.2 Å². The number of hydrogen-bond acceptors (Lipinski definition) is 6. The molecule has 5 rings (SSSR count). The largest absolute Gasteiger partial charge is 0.368 e. The summed E-state index contributed by atoms with van der Waals surface area (Å²) in [6, 6.07) is 7.24. The van der Waals surface area contributed by atoms with Gasteiger partial charge in [0.2, 0.25) is 15.9 Å². The molecule has 9 heteroatoms. The predicted octanol–water partition coefficient (Wildman–Crippen LogP) is 1.24. The number of likely N-dealkylation sites (tertiary alicyclic amines) is 1. The molecule has 1 amide bonds. The highest BCUT2D eigenvalue weighted by Crippen LogP contribution is 2.35. The summed E-state index contributed by atoms with van der Waals surface area (Å²) in [4.78, 5) is 15.5. The summed E-state index contributed by atoms with van der Waals surface area (Å²) in [5.74, 6) is 1.36. The molecule has 0 aromatic heterocycles. The lowest BCUT2D eigenvalue weighted by atomic mass is 9.76. The number of hydrazine groups is 1. The summed E-state index contributed by atoms with van der Waals surface area (Å²) >= 11 is 0. The van der Waals surface area contributed by atoms with Crippen LogP contribution < -0.4 is 20.9 Å². The molecule has 0 bridgehead atoms. The molecule has 4 N–H and O–H groups in total. The zero-order valence-corrected chi connectivity index (χ0v) is 18.1. The van der Waals surface area contributed by atoms with E-state index in [1.807, 2.05) is 11.0 Å². The van der Waals surface area contributed by atoms with Gasteiger partial charge in [-0.25, -0.2) is 13.8 Å². The molecular formula is C21H31N5O3S. The zero-order chi connectivity index (χ0) is 20.9. The minimum Gasteiger partial charge on any atom is -0.368 e. The first kappa shape index (κ1) is 20.2. The smallest absolute Gasteiger partial charge is 0.244 e. The van der Waals surface area contributed by atoms with Crippen molar-refractivity contribution in [2.24, 2.45) is 17.8 Å². The summed E-state index contributed by atoms with van der Waals surface area (Å²) in [6.07, 6.45) is 4.65. The Hall–Kier alpha value is -1.68. The second-order valence-corrected chi connectivity index (χ2v) is 11.0. The summed E-state index contributed by atoms with van der Waals surface area (Å²) < 4.78 is 28.0. The number of fused-ring (bicyclic) bond motifs is 2. The number of para-hydroxylation sites is 1. The van der Waals surface area contributed by atoms with Crippen LogP contribution in [0.5, 0.6) is 0 Å². The third-order valence-electron chi connectivity index (χ3n) is 7.37. The van der Waals surface area contributed by atoms with Crippen molar-refractivity contribution in [3.63, 3.8) is 0 Å². The van der Waals surface area contributed by atoms with Crippen LogP contribution in [0.3, 0.4) is 0 Å². The molecule has 4 aliphatic rings. The molecule has 0 radical (unpaired) electrons. The number of carbonyl (C=O) groups is 1. The molecular weight excluding hydrogens is 402 g/mol. The molecule has 0 spiro atoms. The van der Waals surface area contributed by atoms with Gasteiger partial charge in [-0.2, -0.15) is 4.72 Å². The van der Waals surface area contributed by atoms with Crippen molar-refractivity contribution in [2.75, 3.05) is 18.4 Å². The first-order chi connectivity index (χ1) is 14.4. The van der Waals surface area contributed by atoms with E-state index < -0.39 is 10.0 Å². The second-order valence-electron chi connectivity index (χ2n) is 9.36. The van der Waals surface area contributed by atoms with E-state index in [9.17, 15) is 13.2 Å². The summed E-state index contributed by atoms with van der Waals surface area (Å²) in [5.41, 5.74) is 7.26. The van der Waals surface area contributed by atoms with Gasteiger partial charge >= 0.3 is 0 Å². The topological polar surface area (TPSA) is 103 Å². The molecule has 3 aliphatic heterocycles. The highest BCUT2D eigenvalue weighted by atomic mass is 32.2. The summed E-state index contributed by atoms with van der Waals surface area (Å²) in [7, 11) is -3.51. The first-order valence-electron chi connectivity index (χ1n) is 11.1. The van der Waals surface area contributed by atoms with Crippen LogP contribution in [-0.4, -0.2) is 50.6 Å². The lowest BCUT2D eigenvalue weighted by Crippen LogP contribution is -2.54. The molecule has 8 nitrogen and oxygen atoms in total. The fourth-order valence-electron chi connectivity index (χ4n) is 5.63. The SMILES string of the molecule is CC1CCC2NNC(C(=O)N3CCC(C4Nc5ccccc5S(=O)(=O)N4)CC3)C2C1. The van der Waals surface area contributed by atoms with Crippen LogP contribution in [0.1, 0.15) is 39.0 Å². The number of nitrogens with one attached hydrogen (secondary N) is 4. The third kappa shape index (κ3) is 3.62. The number of sulfonamides is 1. The van der Waals surface area contributed by atoms with E-state index in [-0.39, 0.29) is 24.0 Å². The van der Waals surface area contributed by atoms with Gasteiger partial charge in [0.1, 0.15) is 10.9 Å². The van der Waals surface area contributed by atoms with Crippen LogP contribution in [0.2, 0.25) is 0 Å². The third-order valence-corrected chi connectivity index (χ3v) is 8.87. The molecule has 1 aliphatic carbocycles. The van der Waals surface area contributed by atoms with Crippen LogP contribution in [-0.2, 0) is 14.8 Å². The molecule has 5 unspecified atom stereocenters. The average molecular weight is 434 g/mol. The van der Waals surface area contributed by atoms with Gasteiger partial charge in [-0.1, -0.05) is 19.1 Å². The van der Waals surface area contributed by atoms with Gasteiger partial charge in [0.25, 0.3) is 0 Å². The molecule has 30 heavy (non-hydrogen) atoms. The average Bonchev–Trinajstić information content (AvgIpc) is 3.16. The van der Waals surface area contributed by atoms with E-state index in [4.69, 9.17) is 0 Å². The maximum atomic E-state index is 13.2. The summed E-state index contributed by atoms with van der Waals surface area (Å²) in [5, 5.41) is 3.35. The maximum absolute atomic E-state index is 13.2. The van der Waals surface area contributed by atoms with E-state index in [1.54, 1.807) is 18.2 Å². The Morgan fingerprint density at radius 2 is 1.83 bits per heavy atom. The van der Waals surface area contributed by atoms with Gasteiger partial charge in [-0.05, 0) is 56.1 Å². The van der Waals surface area contributed by atoms with Crippen LogP contribution in [0.15, 0.2) is 29.2 Å². The number of anilines is 1. The standard InChI is InChI=1S/C21H31N5O3S/c1-13-6-7-16-15(12-13)19(24-23-16)21(27)26-10-8-14(9-11-26)20-22-17-4-2-3-5-18(17)30(28,29)25-20/h2-5,13-16,19-20,22-25H,6-12H2,1H3. The minimum absolute atomic E-state index is 0.146. The van der Waals surface area contributed by atoms with E-state index in [0.29, 0.717) is 41.6 Å². The van der Waals surface area contributed by atoms with Crippen molar-refractivity contribution in [1.82, 2.24) is 20.5 Å². The lowest BCUT2D eigenvalue weighted by Gasteiger charge is -2.40. The van der Waals surface area contributed by atoms with E-state index in [2.05, 4.69) is 27.8 Å². The number of amides is 1. The van der Waals surface area contributed by atoms with Gasteiger partial charge in [0, 0.05) is 25.0 Å². The Bertz CT molecular complexity index is 915. The van der Waals surface area contributed by atoms with E-state index >= 15 is 0 Å².